The minimum atomic E-state index is -0.405. The Morgan fingerprint density at radius 1 is 1.19 bits per heavy atom. The van der Waals surface area contributed by atoms with Gasteiger partial charge in [0.25, 0.3) is 5.91 Å². The van der Waals surface area contributed by atoms with Crippen molar-refractivity contribution in [3.8, 4) is 0 Å². The van der Waals surface area contributed by atoms with Crippen molar-refractivity contribution in [3.63, 3.8) is 0 Å². The number of amides is 1. The highest BCUT2D eigenvalue weighted by Gasteiger charge is 2.11. The highest BCUT2D eigenvalue weighted by atomic mass is 16.5. The lowest BCUT2D eigenvalue weighted by molar-refractivity contribution is 0.0600. The summed E-state index contributed by atoms with van der Waals surface area (Å²) in [4.78, 5) is 30.9. The number of aromatic nitrogens is 2. The van der Waals surface area contributed by atoms with Crippen LogP contribution in [0.2, 0.25) is 0 Å². The Kier molecular flexibility index (Phi) is 4.45. The third kappa shape index (κ3) is 3.53. The van der Waals surface area contributed by atoms with E-state index in [0.29, 0.717) is 5.56 Å². The Morgan fingerprint density at radius 3 is 2.48 bits per heavy atom. The Hall–Kier alpha value is -2.96. The number of ether oxygens (including phenoxy) is 1. The predicted octanol–water partition coefficient (Wildman–Crippen LogP) is 0.775. The molecule has 7 heteroatoms. The second-order valence-electron chi connectivity index (χ2n) is 4.16. The molecule has 0 atom stereocenters. The van der Waals surface area contributed by atoms with Gasteiger partial charge in [-0.05, 0) is 17.7 Å². The molecule has 108 valence electrons. The van der Waals surface area contributed by atoms with Crippen molar-refractivity contribution in [3.05, 3.63) is 53.5 Å². The maximum Gasteiger partial charge on any atom is 0.337 e. The van der Waals surface area contributed by atoms with Gasteiger partial charge < -0.3 is 15.8 Å². The third-order valence-electron chi connectivity index (χ3n) is 2.77. The van der Waals surface area contributed by atoms with Crippen molar-refractivity contribution in [2.24, 2.45) is 0 Å². The molecule has 1 aromatic heterocycles. The predicted molar refractivity (Wildman–Crippen MR) is 75.4 cm³/mol. The monoisotopic (exact) mass is 286 g/mol. The van der Waals surface area contributed by atoms with Crippen LogP contribution in [0.3, 0.4) is 0 Å². The molecular weight excluding hydrogens is 272 g/mol. The standard InChI is InChI=1S/C14H14N4O3/c1-21-14(20)10-4-2-9(3-5-10)8-18-13(19)11-12(15)17-7-6-16-11/h2-7H,8H2,1H3,(H2,15,17)(H,18,19). The van der Waals surface area contributed by atoms with Crippen molar-refractivity contribution in [2.45, 2.75) is 6.54 Å². The molecule has 0 radical (unpaired) electrons. The number of esters is 1. The molecule has 2 aromatic rings. The number of anilines is 1. The first-order chi connectivity index (χ1) is 10.1. The first kappa shape index (κ1) is 14.4. The van der Waals surface area contributed by atoms with Gasteiger partial charge in [-0.25, -0.2) is 14.8 Å². The summed E-state index contributed by atoms with van der Waals surface area (Å²) in [6.07, 6.45) is 2.81. The molecule has 1 aromatic carbocycles. The summed E-state index contributed by atoms with van der Waals surface area (Å²) >= 11 is 0. The van der Waals surface area contributed by atoms with E-state index in [0.717, 1.165) is 5.56 Å². The fourth-order valence-corrected chi connectivity index (χ4v) is 1.67. The SMILES string of the molecule is COC(=O)c1ccc(CNC(=O)c2nccnc2N)cc1. The van der Waals surface area contributed by atoms with Gasteiger partial charge in [0.15, 0.2) is 11.5 Å². The van der Waals surface area contributed by atoms with Crippen molar-refractivity contribution in [1.29, 1.82) is 0 Å². The van der Waals surface area contributed by atoms with Gasteiger partial charge in [0, 0.05) is 18.9 Å². The molecule has 0 unspecified atom stereocenters. The van der Waals surface area contributed by atoms with Crippen LogP contribution in [0.15, 0.2) is 36.7 Å². The smallest absolute Gasteiger partial charge is 0.337 e. The Balaban J connectivity index is 1.99. The lowest BCUT2D eigenvalue weighted by Gasteiger charge is -2.06. The van der Waals surface area contributed by atoms with Crippen LogP contribution in [0.4, 0.5) is 5.82 Å². The van der Waals surface area contributed by atoms with E-state index in [-0.39, 0.29) is 18.1 Å². The minimum absolute atomic E-state index is 0.0797. The van der Waals surface area contributed by atoms with Crippen LogP contribution in [0.5, 0.6) is 0 Å². The summed E-state index contributed by atoms with van der Waals surface area (Å²) in [6.45, 7) is 0.288. The number of benzene rings is 1. The van der Waals surface area contributed by atoms with Gasteiger partial charge in [0.05, 0.1) is 12.7 Å². The fraction of sp³-hybridized carbons (Fsp3) is 0.143. The summed E-state index contributed by atoms with van der Waals surface area (Å²) in [6, 6.07) is 6.72. The topological polar surface area (TPSA) is 107 Å². The largest absolute Gasteiger partial charge is 0.465 e. The minimum Gasteiger partial charge on any atom is -0.465 e. The van der Waals surface area contributed by atoms with Gasteiger partial charge >= 0.3 is 5.97 Å². The van der Waals surface area contributed by atoms with E-state index in [1.807, 2.05) is 0 Å². The average Bonchev–Trinajstić information content (AvgIpc) is 2.52. The summed E-state index contributed by atoms with van der Waals surface area (Å²) in [5.74, 6) is -0.730. The number of hydrogen-bond donors (Lipinski definition) is 2. The summed E-state index contributed by atoms with van der Waals surface area (Å²) in [5.41, 5.74) is 6.94. The number of nitrogen functional groups attached to an aromatic ring is 1. The van der Waals surface area contributed by atoms with Crippen molar-refractivity contribution >= 4 is 17.7 Å². The quantitative estimate of drug-likeness (QED) is 0.804. The molecule has 0 aliphatic heterocycles. The van der Waals surface area contributed by atoms with E-state index < -0.39 is 11.9 Å². The molecule has 7 nitrogen and oxygen atoms in total. The molecule has 2 rings (SSSR count). The molecule has 0 spiro atoms. The highest BCUT2D eigenvalue weighted by Crippen LogP contribution is 2.07. The van der Waals surface area contributed by atoms with Crippen molar-refractivity contribution in [1.82, 2.24) is 15.3 Å². The zero-order valence-electron chi connectivity index (χ0n) is 11.4. The molecule has 0 aliphatic carbocycles. The van der Waals surface area contributed by atoms with Crippen LogP contribution in [-0.4, -0.2) is 29.0 Å². The van der Waals surface area contributed by atoms with E-state index >= 15 is 0 Å². The summed E-state index contributed by atoms with van der Waals surface area (Å²) in [7, 11) is 1.32. The Bertz CT molecular complexity index is 656. The molecule has 0 saturated carbocycles. The van der Waals surface area contributed by atoms with Crippen molar-refractivity contribution < 1.29 is 14.3 Å². The lowest BCUT2D eigenvalue weighted by Crippen LogP contribution is -2.25. The second-order valence-corrected chi connectivity index (χ2v) is 4.16. The van der Waals surface area contributed by atoms with E-state index in [1.54, 1.807) is 24.3 Å². The van der Waals surface area contributed by atoms with Crippen LogP contribution in [0.25, 0.3) is 0 Å². The Labute approximate surface area is 121 Å². The van der Waals surface area contributed by atoms with E-state index in [4.69, 9.17) is 5.73 Å². The molecule has 0 fully saturated rings. The number of rotatable bonds is 4. The van der Waals surface area contributed by atoms with E-state index in [1.165, 1.54) is 19.5 Å². The Morgan fingerprint density at radius 2 is 1.86 bits per heavy atom. The first-order valence-corrected chi connectivity index (χ1v) is 6.13. The van der Waals surface area contributed by atoms with Crippen LogP contribution >= 0.6 is 0 Å². The van der Waals surface area contributed by atoms with Gasteiger partial charge in [-0.1, -0.05) is 12.1 Å². The van der Waals surface area contributed by atoms with Gasteiger partial charge in [0.1, 0.15) is 0 Å². The van der Waals surface area contributed by atoms with Gasteiger partial charge in [-0.15, -0.1) is 0 Å². The van der Waals surface area contributed by atoms with E-state index in [2.05, 4.69) is 20.0 Å². The molecular formula is C14H14N4O3. The van der Waals surface area contributed by atoms with Gasteiger partial charge in [0.2, 0.25) is 0 Å². The zero-order chi connectivity index (χ0) is 15.2. The molecule has 0 bridgehead atoms. The van der Waals surface area contributed by atoms with Gasteiger partial charge in [-0.3, -0.25) is 4.79 Å². The normalized spacial score (nSPS) is 9.95. The van der Waals surface area contributed by atoms with Crippen LogP contribution in [-0.2, 0) is 11.3 Å². The number of carbonyl (C=O) groups excluding carboxylic acids is 2. The second kappa shape index (κ2) is 6.47. The fourth-order valence-electron chi connectivity index (χ4n) is 1.67. The first-order valence-electron chi connectivity index (χ1n) is 6.13. The number of nitrogens with one attached hydrogen (secondary N) is 1. The summed E-state index contributed by atoms with van der Waals surface area (Å²) < 4.78 is 4.61. The molecule has 0 saturated heterocycles. The molecule has 1 amide bonds. The van der Waals surface area contributed by atoms with E-state index in [9.17, 15) is 9.59 Å². The third-order valence-corrected chi connectivity index (χ3v) is 2.77. The molecule has 0 aliphatic rings. The maximum atomic E-state index is 11.9. The lowest BCUT2D eigenvalue weighted by atomic mass is 10.1. The molecule has 3 N–H and O–H groups in total. The number of carbonyl (C=O) groups is 2. The number of methoxy groups -OCH3 is 1. The maximum absolute atomic E-state index is 11.9. The van der Waals surface area contributed by atoms with Gasteiger partial charge in [-0.2, -0.15) is 0 Å². The highest BCUT2D eigenvalue weighted by molar-refractivity contribution is 5.96. The van der Waals surface area contributed by atoms with Crippen molar-refractivity contribution in [2.75, 3.05) is 12.8 Å². The number of hydrogen-bond acceptors (Lipinski definition) is 6. The zero-order valence-corrected chi connectivity index (χ0v) is 11.4. The van der Waals surface area contributed by atoms with Crippen LogP contribution in [0.1, 0.15) is 26.4 Å². The average molecular weight is 286 g/mol. The molecule has 1 heterocycles. The molecule has 21 heavy (non-hydrogen) atoms. The van der Waals surface area contributed by atoms with Crippen LogP contribution in [0, 0.1) is 0 Å². The number of nitrogens with zero attached hydrogens (tertiary/aromatic N) is 2. The number of nitrogens with two attached hydrogens (primary N) is 1. The summed E-state index contributed by atoms with van der Waals surface area (Å²) in [5, 5.41) is 2.68. The van der Waals surface area contributed by atoms with Crippen LogP contribution < -0.4 is 11.1 Å².